The van der Waals surface area contributed by atoms with Crippen molar-refractivity contribution in [1.29, 1.82) is 0 Å². The van der Waals surface area contributed by atoms with E-state index >= 15 is 0 Å². The average molecular weight is 313 g/mol. The summed E-state index contributed by atoms with van der Waals surface area (Å²) in [6, 6.07) is 11.8. The monoisotopic (exact) mass is 312 g/mol. The molecule has 2 aromatic carbocycles. The maximum Gasteiger partial charge on any atom is 0.179 e. The Hall–Kier alpha value is -0.940. The Morgan fingerprint density at radius 1 is 1.06 bits per heavy atom. The summed E-state index contributed by atoms with van der Waals surface area (Å²) >= 11 is 12.2. The first kappa shape index (κ1) is 12.1. The molecule has 1 heterocycles. The summed E-state index contributed by atoms with van der Waals surface area (Å²) in [5.74, 6) is 0. The second-order valence-corrected chi connectivity index (χ2v) is 6.17. The van der Waals surface area contributed by atoms with E-state index in [2.05, 4.69) is 9.37 Å². The Labute approximate surface area is 121 Å². The second-order valence-electron chi connectivity index (χ2n) is 3.57. The lowest BCUT2D eigenvalue weighted by Gasteiger charge is -2.03. The third kappa shape index (κ3) is 2.17. The molecule has 3 rings (SSSR count). The van der Waals surface area contributed by atoms with Crippen molar-refractivity contribution in [1.82, 2.24) is 4.37 Å². The van der Waals surface area contributed by atoms with E-state index in [1.807, 2.05) is 36.4 Å². The Morgan fingerprint density at radius 2 is 1.89 bits per heavy atom. The van der Waals surface area contributed by atoms with Crippen LogP contribution in [0.25, 0.3) is 10.8 Å². The normalized spacial score (nSPS) is 12.2. The molecule has 0 spiro atoms. The van der Waals surface area contributed by atoms with Crippen LogP contribution in [-0.4, -0.2) is 4.37 Å². The summed E-state index contributed by atoms with van der Waals surface area (Å²) in [6.45, 7) is 0. The number of nitrogens with zero attached hydrogens (tertiary/aromatic N) is 2. The van der Waals surface area contributed by atoms with Gasteiger partial charge in [-0.15, -0.1) is 0 Å². The number of rotatable bonds is 1. The minimum atomic E-state index is 0.425. The molecule has 1 aromatic heterocycles. The van der Waals surface area contributed by atoms with Crippen LogP contribution < -0.4 is 4.67 Å². The maximum atomic E-state index is 6.22. The van der Waals surface area contributed by atoms with Crippen LogP contribution in [0.1, 0.15) is 0 Å². The highest BCUT2D eigenvalue weighted by Crippen LogP contribution is 2.33. The number of hydrogen-bond acceptors (Lipinski definition) is 4. The number of fused-ring (bicyclic) bond motifs is 1. The van der Waals surface area contributed by atoms with Gasteiger partial charge in [-0.2, -0.15) is 4.37 Å². The lowest BCUT2D eigenvalue weighted by molar-refractivity contribution is 1.39. The van der Waals surface area contributed by atoms with E-state index in [-0.39, 0.29) is 0 Å². The molecular formula is C12H6Cl2N2S2. The Balaban J connectivity index is 2.36. The highest BCUT2D eigenvalue weighted by molar-refractivity contribution is 7.66. The minimum Gasteiger partial charge on any atom is -0.232 e. The Morgan fingerprint density at radius 3 is 2.67 bits per heavy atom. The van der Waals surface area contributed by atoms with Crippen molar-refractivity contribution in [2.45, 2.75) is 0 Å². The lowest BCUT2D eigenvalue weighted by atomic mass is 10.1. The zero-order valence-corrected chi connectivity index (χ0v) is 12.1. The van der Waals surface area contributed by atoms with Crippen molar-refractivity contribution in [3.63, 3.8) is 0 Å². The van der Waals surface area contributed by atoms with Gasteiger partial charge in [0.15, 0.2) is 9.82 Å². The Kier molecular flexibility index (Phi) is 3.35. The molecule has 0 aliphatic heterocycles. The van der Waals surface area contributed by atoms with Crippen LogP contribution >= 0.6 is 44.1 Å². The minimum absolute atomic E-state index is 0.425. The summed E-state index contributed by atoms with van der Waals surface area (Å²) in [4.78, 5) is 4.53. The highest BCUT2D eigenvalue weighted by atomic mass is 35.5. The molecule has 0 aliphatic rings. The average Bonchev–Trinajstić information content (AvgIpc) is 2.79. The van der Waals surface area contributed by atoms with Crippen molar-refractivity contribution < 1.29 is 0 Å². The largest absolute Gasteiger partial charge is 0.232 e. The molecule has 0 amide bonds. The van der Waals surface area contributed by atoms with E-state index in [1.54, 1.807) is 0 Å². The van der Waals surface area contributed by atoms with E-state index in [9.17, 15) is 0 Å². The molecule has 0 radical (unpaired) electrons. The molecule has 2 nitrogen and oxygen atoms in total. The van der Waals surface area contributed by atoms with Crippen LogP contribution in [0.5, 0.6) is 0 Å². The van der Waals surface area contributed by atoms with Gasteiger partial charge >= 0.3 is 0 Å². The van der Waals surface area contributed by atoms with Crippen molar-refractivity contribution in [2.24, 2.45) is 4.99 Å². The molecule has 90 valence electrons. The van der Waals surface area contributed by atoms with E-state index in [4.69, 9.17) is 23.2 Å². The van der Waals surface area contributed by atoms with Gasteiger partial charge in [-0.3, -0.25) is 0 Å². The molecular weight excluding hydrogens is 307 g/mol. The molecule has 0 fully saturated rings. The van der Waals surface area contributed by atoms with E-state index in [0.717, 1.165) is 16.5 Å². The van der Waals surface area contributed by atoms with Gasteiger partial charge in [-0.25, -0.2) is 4.99 Å². The summed E-state index contributed by atoms with van der Waals surface area (Å²) in [5.41, 5.74) is 0.744. The van der Waals surface area contributed by atoms with E-state index < -0.39 is 0 Å². The van der Waals surface area contributed by atoms with Gasteiger partial charge in [0, 0.05) is 15.9 Å². The second kappa shape index (κ2) is 4.97. The standard InChI is InChI=1S/C12H6Cl2N2S2/c13-9-6-5-7-3-1-2-4-8(7)10(9)15-12-11(14)16-18-17-12/h1-6H/b15-12+. The fourth-order valence-corrected chi connectivity index (χ4v) is 3.85. The molecule has 0 bridgehead atoms. The molecule has 3 aromatic rings. The molecule has 0 saturated heterocycles. The predicted molar refractivity (Wildman–Crippen MR) is 79.2 cm³/mol. The van der Waals surface area contributed by atoms with Crippen molar-refractivity contribution in [3.8, 4) is 0 Å². The maximum absolute atomic E-state index is 6.22. The lowest BCUT2D eigenvalue weighted by Crippen LogP contribution is -1.93. The number of benzene rings is 2. The summed E-state index contributed by atoms with van der Waals surface area (Å²) in [5, 5.41) is 3.15. The molecule has 0 aliphatic carbocycles. The predicted octanol–water partition coefficient (Wildman–Crippen LogP) is 4.90. The van der Waals surface area contributed by atoms with Gasteiger partial charge in [-0.05, 0) is 21.8 Å². The number of halogens is 2. The van der Waals surface area contributed by atoms with Crippen LogP contribution in [0, 0.1) is 0 Å². The molecule has 0 saturated carbocycles. The fraction of sp³-hybridized carbons (Fsp3) is 0. The van der Waals surface area contributed by atoms with E-state index in [0.29, 0.717) is 14.8 Å². The van der Waals surface area contributed by atoms with Crippen LogP contribution in [0.4, 0.5) is 5.69 Å². The first-order chi connectivity index (χ1) is 8.75. The van der Waals surface area contributed by atoms with Gasteiger partial charge < -0.3 is 0 Å². The first-order valence-electron chi connectivity index (χ1n) is 5.09. The van der Waals surface area contributed by atoms with Crippen LogP contribution in [-0.2, 0) is 0 Å². The SMILES string of the molecule is Clc1ccc2ccccc2c1/N=c1/ssnc1Cl. The van der Waals surface area contributed by atoms with Gasteiger partial charge in [-0.1, -0.05) is 53.5 Å². The molecule has 18 heavy (non-hydrogen) atoms. The molecule has 0 N–H and O–H groups in total. The molecule has 0 atom stereocenters. The summed E-state index contributed by atoms with van der Waals surface area (Å²) in [6.07, 6.45) is 0. The van der Waals surface area contributed by atoms with Crippen LogP contribution in [0.15, 0.2) is 41.4 Å². The van der Waals surface area contributed by atoms with Gasteiger partial charge in [0.25, 0.3) is 0 Å². The summed E-state index contributed by atoms with van der Waals surface area (Å²) < 4.78 is 4.71. The zero-order chi connectivity index (χ0) is 12.5. The van der Waals surface area contributed by atoms with Gasteiger partial charge in [0.05, 0.1) is 10.7 Å². The number of aromatic nitrogens is 1. The topological polar surface area (TPSA) is 25.2 Å². The zero-order valence-electron chi connectivity index (χ0n) is 8.93. The third-order valence-corrected chi connectivity index (χ3v) is 4.95. The number of hydrogen-bond donors (Lipinski definition) is 0. The highest BCUT2D eigenvalue weighted by Gasteiger charge is 2.06. The molecule has 6 heteroatoms. The Bertz CT molecular complexity index is 777. The quantitative estimate of drug-likeness (QED) is 0.587. The van der Waals surface area contributed by atoms with Crippen molar-refractivity contribution in [2.75, 3.05) is 0 Å². The third-order valence-electron chi connectivity index (χ3n) is 2.47. The molecule has 0 unspecified atom stereocenters. The van der Waals surface area contributed by atoms with Crippen LogP contribution in [0.3, 0.4) is 0 Å². The van der Waals surface area contributed by atoms with Gasteiger partial charge in [0.2, 0.25) is 0 Å². The van der Waals surface area contributed by atoms with Crippen molar-refractivity contribution in [3.05, 3.63) is 51.2 Å². The fourth-order valence-electron chi connectivity index (χ4n) is 1.67. The van der Waals surface area contributed by atoms with Crippen LogP contribution in [0.2, 0.25) is 10.2 Å². The van der Waals surface area contributed by atoms with Crippen molar-refractivity contribution >= 4 is 60.5 Å². The first-order valence-corrected chi connectivity index (χ1v) is 7.95. The summed E-state index contributed by atoms with van der Waals surface area (Å²) in [7, 11) is 2.75. The van der Waals surface area contributed by atoms with E-state index in [1.165, 1.54) is 20.9 Å². The van der Waals surface area contributed by atoms with Gasteiger partial charge in [0.1, 0.15) is 0 Å². The smallest absolute Gasteiger partial charge is 0.179 e.